The Bertz CT molecular complexity index is 2260. The summed E-state index contributed by atoms with van der Waals surface area (Å²) < 4.78 is 0. The molecular formula is C48H40N4. The molecule has 1 heterocycles. The van der Waals surface area contributed by atoms with Crippen molar-refractivity contribution in [3.63, 3.8) is 0 Å². The number of anilines is 8. The summed E-state index contributed by atoms with van der Waals surface area (Å²) in [5.74, 6) is 0. The quantitative estimate of drug-likeness (QED) is 0.184. The number of nitrogens with zero attached hydrogens (tertiary/aromatic N) is 4. The van der Waals surface area contributed by atoms with E-state index in [2.05, 4.69) is 218 Å². The average molecular weight is 673 g/mol. The maximum atomic E-state index is 2.42. The number of aryl methyl sites for hydroxylation is 4. The second-order valence-electron chi connectivity index (χ2n) is 14.0. The normalized spacial score (nSPS) is 12.8. The third-order valence-electron chi connectivity index (χ3n) is 9.98. The van der Waals surface area contributed by atoms with Crippen LogP contribution in [0.1, 0.15) is 22.3 Å². The van der Waals surface area contributed by atoms with Crippen LogP contribution in [-0.2, 0) is 0 Å². The first-order valence-corrected chi connectivity index (χ1v) is 17.9. The lowest BCUT2D eigenvalue weighted by molar-refractivity contribution is 0.922. The Morgan fingerprint density at radius 1 is 0.250 bits per heavy atom. The summed E-state index contributed by atoms with van der Waals surface area (Å²) in [7, 11) is 0. The first-order chi connectivity index (χ1) is 25.4. The van der Waals surface area contributed by atoms with Gasteiger partial charge in [-0.15, -0.1) is 0 Å². The molecular weight excluding hydrogens is 633 g/mol. The van der Waals surface area contributed by atoms with E-state index in [1.165, 1.54) is 43.8 Å². The lowest BCUT2D eigenvalue weighted by Crippen LogP contribution is -2.44. The van der Waals surface area contributed by atoms with Crippen molar-refractivity contribution < 1.29 is 0 Å². The summed E-state index contributed by atoms with van der Waals surface area (Å²) in [6.07, 6.45) is 0. The zero-order valence-corrected chi connectivity index (χ0v) is 30.0. The first-order valence-electron chi connectivity index (χ1n) is 17.9. The van der Waals surface area contributed by atoms with Gasteiger partial charge in [-0.05, 0) is 144 Å². The Morgan fingerprint density at radius 3 is 0.692 bits per heavy atom. The summed E-state index contributed by atoms with van der Waals surface area (Å²) >= 11 is 0. The molecule has 0 atom stereocenters. The van der Waals surface area contributed by atoms with E-state index in [9.17, 15) is 0 Å². The second-order valence-corrected chi connectivity index (χ2v) is 14.0. The molecule has 0 spiro atoms. The molecule has 52 heavy (non-hydrogen) atoms. The molecule has 8 aromatic rings. The largest absolute Gasteiger partial charge is 0.247 e. The van der Waals surface area contributed by atoms with Gasteiger partial charge in [-0.25, -0.2) is 20.0 Å². The van der Waals surface area contributed by atoms with Crippen LogP contribution in [-0.4, -0.2) is 0 Å². The summed E-state index contributed by atoms with van der Waals surface area (Å²) in [5, 5.41) is 14.4. The van der Waals surface area contributed by atoms with Gasteiger partial charge >= 0.3 is 0 Å². The van der Waals surface area contributed by atoms with E-state index in [1.54, 1.807) is 0 Å². The van der Waals surface area contributed by atoms with Crippen LogP contribution < -0.4 is 20.0 Å². The van der Waals surface area contributed by atoms with Gasteiger partial charge in [-0.1, -0.05) is 97.1 Å². The molecule has 0 saturated carbocycles. The van der Waals surface area contributed by atoms with Crippen molar-refractivity contribution in [3.05, 3.63) is 192 Å². The third-order valence-corrected chi connectivity index (χ3v) is 9.98. The number of rotatable bonds is 4. The molecule has 0 bridgehead atoms. The predicted octanol–water partition coefficient (Wildman–Crippen LogP) is 13.3. The Hall–Kier alpha value is -6.52. The van der Waals surface area contributed by atoms with Crippen LogP contribution in [0.2, 0.25) is 0 Å². The lowest BCUT2D eigenvalue weighted by Gasteiger charge is -2.48. The topological polar surface area (TPSA) is 13.0 Å². The third kappa shape index (κ3) is 5.50. The van der Waals surface area contributed by atoms with Crippen LogP contribution in [0.5, 0.6) is 0 Å². The molecule has 0 amide bonds. The highest BCUT2D eigenvalue weighted by Gasteiger charge is 2.36. The SMILES string of the molecule is Cc1cccc(N2c3cc4ccccc4cc3N(c3cccc(C)c3)N(c3cccc(C)c3)c3cc4ccccc4cc3N2c2cccc(C)c2)c1. The number of hydrogen-bond acceptors (Lipinski definition) is 4. The summed E-state index contributed by atoms with van der Waals surface area (Å²) in [6, 6.07) is 62.3. The van der Waals surface area contributed by atoms with Crippen molar-refractivity contribution in [2.75, 3.05) is 20.0 Å². The highest BCUT2D eigenvalue weighted by atomic mass is 15.7. The number of fused-ring (bicyclic) bond motifs is 4. The van der Waals surface area contributed by atoms with Crippen LogP contribution in [0, 0.1) is 27.7 Å². The minimum Gasteiger partial charge on any atom is -0.247 e. The van der Waals surface area contributed by atoms with E-state index in [0.717, 1.165) is 45.5 Å². The maximum Gasteiger partial charge on any atom is 0.0900 e. The molecule has 1 aliphatic rings. The molecule has 0 unspecified atom stereocenters. The summed E-state index contributed by atoms with van der Waals surface area (Å²) in [6.45, 7) is 8.69. The van der Waals surface area contributed by atoms with Gasteiger partial charge in [0.25, 0.3) is 0 Å². The monoisotopic (exact) mass is 672 g/mol. The van der Waals surface area contributed by atoms with Gasteiger partial charge in [0.15, 0.2) is 0 Å². The van der Waals surface area contributed by atoms with E-state index in [-0.39, 0.29) is 0 Å². The Balaban J connectivity index is 1.51. The maximum absolute atomic E-state index is 2.42. The highest BCUT2D eigenvalue weighted by Crippen LogP contribution is 2.53. The fourth-order valence-electron chi connectivity index (χ4n) is 7.60. The highest BCUT2D eigenvalue weighted by molar-refractivity contribution is 6.04. The molecule has 9 rings (SSSR count). The molecule has 1 aliphatic heterocycles. The van der Waals surface area contributed by atoms with E-state index < -0.39 is 0 Å². The molecule has 0 aliphatic carbocycles. The fraction of sp³-hybridized carbons (Fsp3) is 0.0833. The van der Waals surface area contributed by atoms with Crippen molar-refractivity contribution in [1.82, 2.24) is 0 Å². The molecule has 0 saturated heterocycles. The molecule has 0 radical (unpaired) electrons. The van der Waals surface area contributed by atoms with Crippen molar-refractivity contribution in [1.29, 1.82) is 0 Å². The zero-order valence-electron chi connectivity index (χ0n) is 30.0. The van der Waals surface area contributed by atoms with Gasteiger partial charge in [0.1, 0.15) is 0 Å². The molecule has 0 N–H and O–H groups in total. The van der Waals surface area contributed by atoms with Gasteiger partial charge < -0.3 is 0 Å². The van der Waals surface area contributed by atoms with E-state index in [1.807, 2.05) is 0 Å². The van der Waals surface area contributed by atoms with Crippen LogP contribution in [0.15, 0.2) is 170 Å². The van der Waals surface area contributed by atoms with Crippen LogP contribution in [0.3, 0.4) is 0 Å². The summed E-state index contributed by atoms with van der Waals surface area (Å²) in [5.41, 5.74) is 13.3. The van der Waals surface area contributed by atoms with Gasteiger partial charge in [0.05, 0.1) is 45.5 Å². The van der Waals surface area contributed by atoms with Crippen molar-refractivity contribution in [3.8, 4) is 0 Å². The first kappa shape index (κ1) is 31.5. The standard InChI is InChI=1S/C48H40N4/c1-33-13-9-21-41(25-33)49-45-29-37-17-5-6-18-38(37)30-46(45)51(43-23-11-15-35(3)27-43)52(44-24-12-16-36(4)28-44)48-32-40-20-8-7-19-39(40)31-47(48)50(49)42-22-10-14-34(2)26-42/h5-32H,1-4H3. The molecule has 0 aromatic heterocycles. The number of hydrazine groups is 2. The second kappa shape index (κ2) is 12.7. The Kier molecular flexibility index (Phi) is 7.66. The number of benzene rings is 8. The number of hydrogen-bond donors (Lipinski definition) is 0. The van der Waals surface area contributed by atoms with Crippen LogP contribution >= 0.6 is 0 Å². The van der Waals surface area contributed by atoms with E-state index >= 15 is 0 Å². The van der Waals surface area contributed by atoms with E-state index in [0.29, 0.717) is 0 Å². The summed E-state index contributed by atoms with van der Waals surface area (Å²) in [4.78, 5) is 0. The van der Waals surface area contributed by atoms with Crippen molar-refractivity contribution >= 4 is 67.0 Å². The van der Waals surface area contributed by atoms with Crippen molar-refractivity contribution in [2.45, 2.75) is 27.7 Å². The fourth-order valence-corrected chi connectivity index (χ4v) is 7.60. The zero-order chi connectivity index (χ0) is 35.3. The predicted molar refractivity (Wildman–Crippen MR) is 221 cm³/mol. The van der Waals surface area contributed by atoms with Crippen molar-refractivity contribution in [2.24, 2.45) is 0 Å². The van der Waals surface area contributed by atoms with Gasteiger partial charge in [-0.3, -0.25) is 0 Å². The van der Waals surface area contributed by atoms with Gasteiger partial charge in [0, 0.05) is 0 Å². The minimum absolute atomic E-state index is 1.06. The van der Waals surface area contributed by atoms with Gasteiger partial charge in [0.2, 0.25) is 0 Å². The smallest absolute Gasteiger partial charge is 0.0900 e. The molecule has 8 aromatic carbocycles. The molecule has 4 heteroatoms. The van der Waals surface area contributed by atoms with Gasteiger partial charge in [-0.2, -0.15) is 0 Å². The Morgan fingerprint density at radius 2 is 0.481 bits per heavy atom. The lowest BCUT2D eigenvalue weighted by atomic mass is 10.0. The van der Waals surface area contributed by atoms with Crippen LogP contribution in [0.4, 0.5) is 45.5 Å². The molecule has 4 nitrogen and oxygen atoms in total. The molecule has 252 valence electrons. The average Bonchev–Trinajstić information content (AvgIpc) is 3.14. The molecule has 0 fully saturated rings. The van der Waals surface area contributed by atoms with Crippen LogP contribution in [0.25, 0.3) is 21.5 Å². The van der Waals surface area contributed by atoms with E-state index in [4.69, 9.17) is 0 Å². The Labute approximate surface area is 306 Å². The minimum atomic E-state index is 1.06.